The Morgan fingerprint density at radius 3 is 2.63 bits per heavy atom. The van der Waals surface area contributed by atoms with Crippen molar-refractivity contribution < 1.29 is 27.8 Å². The van der Waals surface area contributed by atoms with Crippen molar-refractivity contribution in [1.29, 1.82) is 0 Å². The molecular weight excluding hydrogens is 429 g/mol. The van der Waals surface area contributed by atoms with Crippen LogP contribution in [-0.4, -0.2) is 33.1 Å². The van der Waals surface area contributed by atoms with E-state index in [1.807, 2.05) is 0 Å². The van der Waals surface area contributed by atoms with Crippen molar-refractivity contribution in [3.05, 3.63) is 45.7 Å². The minimum Gasteiger partial charge on any atom is -0.480 e. The smallest absolute Gasteiger partial charge is 0.425 e. The molecule has 1 N–H and O–H groups in total. The van der Waals surface area contributed by atoms with Crippen LogP contribution in [0.15, 0.2) is 28.7 Å². The third-order valence-electron chi connectivity index (χ3n) is 4.70. The molecule has 1 unspecified atom stereocenters. The summed E-state index contributed by atoms with van der Waals surface area (Å²) in [6, 6.07) is 6.18. The van der Waals surface area contributed by atoms with Gasteiger partial charge in [-0.2, -0.15) is 18.3 Å². The molecule has 0 bridgehead atoms. The average molecular weight is 447 g/mol. The van der Waals surface area contributed by atoms with Gasteiger partial charge in [0.1, 0.15) is 5.75 Å². The first kappa shape index (κ1) is 19.7. The van der Waals surface area contributed by atoms with Gasteiger partial charge in [0.2, 0.25) is 0 Å². The van der Waals surface area contributed by atoms with E-state index in [1.165, 1.54) is 16.8 Å². The fourth-order valence-electron chi connectivity index (χ4n) is 3.03. The summed E-state index contributed by atoms with van der Waals surface area (Å²) in [5.41, 5.74) is 0.957. The van der Waals surface area contributed by atoms with Gasteiger partial charge >= 0.3 is 12.1 Å². The highest BCUT2D eigenvalue weighted by Crippen LogP contribution is 2.40. The minimum atomic E-state index is -4.45. The van der Waals surface area contributed by atoms with Gasteiger partial charge < -0.3 is 9.84 Å². The maximum absolute atomic E-state index is 13.5. The normalized spacial score (nSPS) is 16.0. The van der Waals surface area contributed by atoms with E-state index >= 15 is 0 Å². The fraction of sp³-hybridized carbons (Fsp3) is 0.444. The van der Waals surface area contributed by atoms with Crippen LogP contribution in [0.3, 0.4) is 0 Å². The molecule has 0 saturated heterocycles. The number of hydrogen-bond donors (Lipinski definition) is 1. The highest BCUT2D eigenvalue weighted by Gasteiger charge is 2.48. The molecule has 1 aromatic carbocycles. The number of ether oxygens (including phenoxy) is 1. The van der Waals surface area contributed by atoms with Crippen LogP contribution >= 0.6 is 15.9 Å². The topological polar surface area (TPSA) is 64.3 Å². The van der Waals surface area contributed by atoms with Gasteiger partial charge in [0.05, 0.1) is 6.54 Å². The zero-order chi connectivity index (χ0) is 19.8. The summed E-state index contributed by atoms with van der Waals surface area (Å²) < 4.78 is 47.9. The van der Waals surface area contributed by atoms with Gasteiger partial charge in [-0.25, -0.2) is 4.79 Å². The molecule has 1 fully saturated rings. The number of hydrogen-bond acceptors (Lipinski definition) is 3. The Morgan fingerprint density at radius 2 is 2.11 bits per heavy atom. The minimum absolute atomic E-state index is 0.100. The molecular formula is C18H18BrF3N2O3. The lowest BCUT2D eigenvalue weighted by Crippen LogP contribution is -2.44. The Morgan fingerprint density at radius 1 is 1.41 bits per heavy atom. The van der Waals surface area contributed by atoms with E-state index in [-0.39, 0.29) is 18.0 Å². The predicted octanol–water partition coefficient (Wildman–Crippen LogP) is 4.81. The van der Waals surface area contributed by atoms with Crippen LogP contribution < -0.4 is 4.74 Å². The number of aromatic carboxylic acids is 1. The number of halogens is 4. The van der Waals surface area contributed by atoms with Crippen LogP contribution in [0.4, 0.5) is 13.2 Å². The second kappa shape index (κ2) is 7.53. The molecule has 1 aromatic heterocycles. The van der Waals surface area contributed by atoms with E-state index in [0.717, 1.165) is 6.42 Å². The molecule has 0 amide bonds. The third kappa shape index (κ3) is 4.45. The summed E-state index contributed by atoms with van der Waals surface area (Å²) in [6.07, 6.45) is -4.53. The van der Waals surface area contributed by atoms with Gasteiger partial charge in [0.15, 0.2) is 11.8 Å². The van der Waals surface area contributed by atoms with Crippen molar-refractivity contribution in [2.75, 3.05) is 0 Å². The van der Waals surface area contributed by atoms with Crippen LogP contribution in [0.1, 0.15) is 41.0 Å². The van der Waals surface area contributed by atoms with Crippen molar-refractivity contribution in [2.24, 2.45) is 5.92 Å². The van der Waals surface area contributed by atoms with Gasteiger partial charge in [-0.05, 0) is 44.0 Å². The molecule has 1 saturated carbocycles. The van der Waals surface area contributed by atoms with Crippen LogP contribution in [0.25, 0.3) is 0 Å². The van der Waals surface area contributed by atoms with Gasteiger partial charge in [0.25, 0.3) is 0 Å². The Hall–Kier alpha value is -2.03. The summed E-state index contributed by atoms with van der Waals surface area (Å²) in [5, 5.41) is 13.0. The first-order chi connectivity index (χ1) is 12.6. The number of nitrogens with zero attached hydrogens (tertiary/aromatic N) is 2. The fourth-order valence-corrected chi connectivity index (χ4v) is 3.44. The Kier molecular flexibility index (Phi) is 5.50. The van der Waals surface area contributed by atoms with Crippen LogP contribution in [0.5, 0.6) is 5.75 Å². The molecule has 1 aliphatic rings. The zero-order valence-electron chi connectivity index (χ0n) is 14.5. The number of carbonyl (C=O) groups is 1. The molecule has 1 aliphatic carbocycles. The quantitative estimate of drug-likeness (QED) is 0.691. The average Bonchev–Trinajstić information content (AvgIpc) is 2.87. The van der Waals surface area contributed by atoms with E-state index in [0.29, 0.717) is 28.6 Å². The molecule has 1 atom stereocenters. The molecule has 1 heterocycles. The largest absolute Gasteiger partial charge is 0.480 e. The number of benzene rings is 1. The third-order valence-corrected chi connectivity index (χ3v) is 5.19. The van der Waals surface area contributed by atoms with E-state index in [2.05, 4.69) is 21.0 Å². The SMILES string of the molecule is Cc1cc(C(=O)O)nn1Cc1cc(Br)ccc1OC(C1CCC1)C(F)(F)F. The standard InChI is InChI=1S/C18H18BrF3N2O3/c1-10-7-14(17(25)26)23-24(10)9-12-8-13(19)5-6-15(12)27-16(18(20,21)22)11-3-2-4-11/h5-8,11,16H,2-4,9H2,1H3,(H,25,26). The lowest BCUT2D eigenvalue weighted by Gasteiger charge is -2.35. The molecule has 27 heavy (non-hydrogen) atoms. The Labute approximate surface area is 162 Å². The van der Waals surface area contributed by atoms with E-state index in [1.54, 1.807) is 19.1 Å². The van der Waals surface area contributed by atoms with E-state index in [9.17, 15) is 18.0 Å². The van der Waals surface area contributed by atoms with Crippen LogP contribution in [0, 0.1) is 12.8 Å². The van der Waals surface area contributed by atoms with E-state index in [4.69, 9.17) is 9.84 Å². The zero-order valence-corrected chi connectivity index (χ0v) is 16.0. The summed E-state index contributed by atoms with van der Waals surface area (Å²) in [7, 11) is 0. The highest BCUT2D eigenvalue weighted by atomic mass is 79.9. The van der Waals surface area contributed by atoms with Crippen molar-refractivity contribution in [1.82, 2.24) is 9.78 Å². The number of alkyl halides is 3. The van der Waals surface area contributed by atoms with Crippen LogP contribution in [0.2, 0.25) is 0 Å². The first-order valence-electron chi connectivity index (χ1n) is 8.44. The van der Waals surface area contributed by atoms with Crippen molar-refractivity contribution >= 4 is 21.9 Å². The summed E-state index contributed by atoms with van der Waals surface area (Å²) in [5.74, 6) is -1.57. The summed E-state index contributed by atoms with van der Waals surface area (Å²) >= 11 is 3.31. The lowest BCUT2D eigenvalue weighted by molar-refractivity contribution is -0.217. The molecule has 146 valence electrons. The molecule has 2 aromatic rings. The summed E-state index contributed by atoms with van der Waals surface area (Å²) in [6.45, 7) is 1.79. The second-order valence-corrected chi connectivity index (χ2v) is 7.57. The molecule has 3 rings (SSSR count). The molecule has 0 aliphatic heterocycles. The van der Waals surface area contributed by atoms with Gasteiger partial charge in [-0.15, -0.1) is 0 Å². The molecule has 0 radical (unpaired) electrons. The Balaban J connectivity index is 1.90. The number of aromatic nitrogens is 2. The maximum atomic E-state index is 13.5. The molecule has 0 spiro atoms. The van der Waals surface area contributed by atoms with Crippen molar-refractivity contribution in [3.63, 3.8) is 0 Å². The highest BCUT2D eigenvalue weighted by molar-refractivity contribution is 9.10. The maximum Gasteiger partial charge on any atom is 0.425 e. The second-order valence-electron chi connectivity index (χ2n) is 6.66. The van der Waals surface area contributed by atoms with Gasteiger partial charge in [-0.3, -0.25) is 4.68 Å². The lowest BCUT2D eigenvalue weighted by atomic mass is 9.80. The van der Waals surface area contributed by atoms with Crippen LogP contribution in [-0.2, 0) is 6.54 Å². The number of carboxylic acid groups (broad SMARTS) is 1. The molecule has 9 heteroatoms. The number of aryl methyl sites for hydroxylation is 1. The number of rotatable bonds is 6. The van der Waals surface area contributed by atoms with Gasteiger partial charge in [0, 0.05) is 21.6 Å². The first-order valence-corrected chi connectivity index (χ1v) is 9.24. The number of carboxylic acids is 1. The predicted molar refractivity (Wildman–Crippen MR) is 95.0 cm³/mol. The van der Waals surface area contributed by atoms with Crippen molar-refractivity contribution in [2.45, 2.75) is 45.0 Å². The van der Waals surface area contributed by atoms with Crippen molar-refractivity contribution in [3.8, 4) is 5.75 Å². The molecule has 5 nitrogen and oxygen atoms in total. The van der Waals surface area contributed by atoms with Gasteiger partial charge in [-0.1, -0.05) is 22.4 Å². The monoisotopic (exact) mass is 446 g/mol. The van der Waals surface area contributed by atoms with E-state index < -0.39 is 24.2 Å². The summed E-state index contributed by atoms with van der Waals surface area (Å²) in [4.78, 5) is 11.1. The Bertz CT molecular complexity index is 847.